The Morgan fingerprint density at radius 2 is 0.854 bits per heavy atom. The maximum atomic E-state index is 12.2. The van der Waals surface area contributed by atoms with Crippen molar-refractivity contribution in [2.24, 2.45) is 0 Å². The molecular formula is C43H38O3S2+2. The third-order valence-corrected chi connectivity index (χ3v) is 12.9. The van der Waals surface area contributed by atoms with Gasteiger partial charge in [0.1, 0.15) is 11.4 Å². The van der Waals surface area contributed by atoms with Gasteiger partial charge in [0.15, 0.2) is 28.6 Å². The van der Waals surface area contributed by atoms with Gasteiger partial charge in [0.25, 0.3) is 0 Å². The van der Waals surface area contributed by atoms with Crippen molar-refractivity contribution in [2.75, 3.05) is 0 Å². The predicted molar refractivity (Wildman–Crippen MR) is 207 cm³/mol. The normalized spacial score (nSPS) is 11.5. The maximum Gasteiger partial charge on any atom is 0.514 e. The average molecular weight is 667 g/mol. The van der Waals surface area contributed by atoms with Crippen molar-refractivity contribution in [3.05, 3.63) is 151 Å². The fourth-order valence-electron chi connectivity index (χ4n) is 6.31. The van der Waals surface area contributed by atoms with Gasteiger partial charge < -0.3 is 9.47 Å². The third-order valence-electron chi connectivity index (χ3n) is 8.23. The molecule has 0 saturated carbocycles. The summed E-state index contributed by atoms with van der Waals surface area (Å²) < 4.78 is 16.5. The van der Waals surface area contributed by atoms with Crippen molar-refractivity contribution in [3.63, 3.8) is 0 Å². The lowest BCUT2D eigenvalue weighted by atomic mass is 10.1. The standard InChI is InChI=1S/C25H25O3S.C18H13S/c1-16-14-18(15-17(2)23(16)27-24(26)28-25(3,4)5)29-21-12-8-6-10-19(21)20-11-7-9-13-22(20)29;1-2-8-14(9-3-1)19-17-12-6-4-10-15(17)16-11-5-7-13-18(16)19/h6-15H,1-5H3;1-13H/q2*+1. The number of carbonyl (C=O) groups is 1. The smallest absolute Gasteiger partial charge is 0.428 e. The molecule has 0 atom stereocenters. The van der Waals surface area contributed by atoms with Gasteiger partial charge in [-0.2, -0.15) is 0 Å². The summed E-state index contributed by atoms with van der Waals surface area (Å²) in [6.45, 7) is 9.44. The maximum absolute atomic E-state index is 12.2. The first-order valence-electron chi connectivity index (χ1n) is 16.1. The highest BCUT2D eigenvalue weighted by Gasteiger charge is 2.26. The molecule has 5 heteroatoms. The van der Waals surface area contributed by atoms with Gasteiger partial charge in [0.05, 0.1) is 0 Å². The van der Waals surface area contributed by atoms with E-state index in [-0.39, 0.29) is 20.9 Å². The van der Waals surface area contributed by atoms with E-state index in [9.17, 15) is 4.79 Å². The molecule has 2 aromatic heterocycles. The number of hydrogen-bond acceptors (Lipinski definition) is 3. The van der Waals surface area contributed by atoms with Crippen LogP contribution in [0.15, 0.2) is 140 Å². The van der Waals surface area contributed by atoms with Crippen molar-refractivity contribution < 1.29 is 14.3 Å². The first-order valence-corrected chi connectivity index (χ1v) is 18.6. The molecule has 0 radical (unpaired) electrons. The van der Waals surface area contributed by atoms with Crippen molar-refractivity contribution in [3.8, 4) is 15.5 Å². The number of benzene rings is 6. The Balaban J connectivity index is 0.000000165. The summed E-state index contributed by atoms with van der Waals surface area (Å²) >= 11 is 0. The monoisotopic (exact) mass is 666 g/mol. The second-order valence-electron chi connectivity index (χ2n) is 12.9. The molecule has 0 aliphatic rings. The van der Waals surface area contributed by atoms with Gasteiger partial charge in [0, 0.05) is 54.6 Å². The quantitative estimate of drug-likeness (QED) is 0.107. The van der Waals surface area contributed by atoms with Gasteiger partial charge in [-0.15, -0.1) is 0 Å². The van der Waals surface area contributed by atoms with Crippen LogP contribution in [0.25, 0.3) is 50.1 Å². The SMILES string of the molecule is Cc1cc(-[s+]2c3ccccc3c3ccccc32)cc(C)c1OC(=O)OC(C)(C)C.c1ccc(-[s+]2c3ccccc3c3ccccc32)cc1. The van der Waals surface area contributed by atoms with Gasteiger partial charge in [-0.1, -0.05) is 66.7 Å². The summed E-state index contributed by atoms with van der Waals surface area (Å²) in [4.78, 5) is 14.8. The molecule has 238 valence electrons. The van der Waals surface area contributed by atoms with E-state index in [0.29, 0.717) is 5.75 Å². The number of fused-ring (bicyclic) bond motifs is 6. The molecule has 6 aromatic carbocycles. The van der Waals surface area contributed by atoms with Gasteiger partial charge >= 0.3 is 6.16 Å². The van der Waals surface area contributed by atoms with E-state index in [2.05, 4.69) is 140 Å². The average Bonchev–Trinajstić information content (AvgIpc) is 3.59. The second-order valence-corrected chi connectivity index (χ2v) is 16.8. The molecule has 0 spiro atoms. The molecule has 3 nitrogen and oxygen atoms in total. The van der Waals surface area contributed by atoms with E-state index in [1.807, 2.05) is 34.6 Å². The van der Waals surface area contributed by atoms with Crippen LogP contribution in [0.4, 0.5) is 4.79 Å². The van der Waals surface area contributed by atoms with Crippen LogP contribution in [-0.4, -0.2) is 11.8 Å². The fraction of sp³-hybridized carbons (Fsp3) is 0.140. The molecule has 0 N–H and O–H groups in total. The van der Waals surface area contributed by atoms with Crippen molar-refractivity contribution >= 4 is 67.4 Å². The molecular weight excluding hydrogens is 629 g/mol. The Morgan fingerprint density at radius 3 is 1.25 bits per heavy atom. The minimum atomic E-state index is -0.671. The Kier molecular flexibility index (Phi) is 8.50. The molecule has 0 saturated heterocycles. The van der Waals surface area contributed by atoms with Crippen LogP contribution < -0.4 is 4.74 Å². The number of carbonyl (C=O) groups excluding carboxylic acids is 1. The second kappa shape index (κ2) is 12.9. The van der Waals surface area contributed by atoms with E-state index >= 15 is 0 Å². The van der Waals surface area contributed by atoms with Gasteiger partial charge in [-0.3, -0.25) is 0 Å². The number of hydrogen-bond donors (Lipinski definition) is 0. The van der Waals surface area contributed by atoms with E-state index in [1.165, 1.54) is 50.1 Å². The van der Waals surface area contributed by atoms with E-state index in [1.54, 1.807) is 0 Å². The highest BCUT2D eigenvalue weighted by Crippen LogP contribution is 2.50. The van der Waals surface area contributed by atoms with E-state index < -0.39 is 11.8 Å². The van der Waals surface area contributed by atoms with Crippen LogP contribution in [0, 0.1) is 13.8 Å². The van der Waals surface area contributed by atoms with Crippen LogP contribution in [-0.2, 0) is 4.74 Å². The number of ether oxygens (including phenoxy) is 2. The Bertz CT molecular complexity index is 2300. The largest absolute Gasteiger partial charge is 0.514 e. The summed E-state index contributed by atoms with van der Waals surface area (Å²) in [5, 5.41) is 5.39. The van der Waals surface area contributed by atoms with E-state index in [0.717, 1.165) is 11.1 Å². The van der Waals surface area contributed by atoms with E-state index in [4.69, 9.17) is 9.47 Å². The number of thiophene rings is 2. The van der Waals surface area contributed by atoms with Gasteiger partial charge in [-0.25, -0.2) is 4.79 Å². The Hall–Kier alpha value is -4.97. The summed E-state index contributed by atoms with van der Waals surface area (Å²) in [5.74, 6) is 0.576. The minimum absolute atomic E-state index is 0.0594. The first-order chi connectivity index (χ1) is 23.2. The fourth-order valence-corrected chi connectivity index (χ4v) is 11.3. The van der Waals surface area contributed by atoms with Crippen molar-refractivity contribution in [2.45, 2.75) is 40.2 Å². The van der Waals surface area contributed by atoms with Crippen molar-refractivity contribution in [1.29, 1.82) is 0 Å². The van der Waals surface area contributed by atoms with Crippen LogP contribution >= 0.6 is 20.9 Å². The first kappa shape index (κ1) is 31.6. The molecule has 0 aliphatic carbocycles. The van der Waals surface area contributed by atoms with Crippen LogP contribution in [0.1, 0.15) is 31.9 Å². The summed E-state index contributed by atoms with van der Waals surface area (Å²) in [7, 11) is -0.110. The molecule has 2 heterocycles. The molecule has 48 heavy (non-hydrogen) atoms. The lowest BCUT2D eigenvalue weighted by Gasteiger charge is -2.19. The Labute approximate surface area is 286 Å². The van der Waals surface area contributed by atoms with Crippen molar-refractivity contribution in [1.82, 2.24) is 0 Å². The van der Waals surface area contributed by atoms with Crippen LogP contribution in [0.2, 0.25) is 0 Å². The topological polar surface area (TPSA) is 35.5 Å². The molecule has 8 aromatic rings. The van der Waals surface area contributed by atoms with Crippen LogP contribution in [0.5, 0.6) is 5.75 Å². The van der Waals surface area contributed by atoms with Gasteiger partial charge in [-0.05, 0) is 106 Å². The summed E-state index contributed by atoms with van der Waals surface area (Å²) in [6, 6.07) is 49.9. The zero-order valence-electron chi connectivity index (χ0n) is 27.8. The van der Waals surface area contributed by atoms with Gasteiger partial charge in [0.2, 0.25) is 0 Å². The summed E-state index contributed by atoms with van der Waals surface area (Å²) in [6.07, 6.45) is -0.671. The molecule has 0 aliphatic heterocycles. The predicted octanol–water partition coefficient (Wildman–Crippen LogP) is 13.4. The molecule has 0 fully saturated rings. The lowest BCUT2D eigenvalue weighted by Crippen LogP contribution is -2.26. The molecule has 0 unspecified atom stereocenters. The number of aryl methyl sites for hydroxylation is 2. The van der Waals surface area contributed by atoms with Crippen LogP contribution in [0.3, 0.4) is 0 Å². The number of rotatable bonds is 3. The highest BCUT2D eigenvalue weighted by atomic mass is 32.2. The molecule has 8 rings (SSSR count). The zero-order valence-corrected chi connectivity index (χ0v) is 29.5. The molecule has 0 amide bonds. The highest BCUT2D eigenvalue weighted by molar-refractivity contribution is 7.50. The lowest BCUT2D eigenvalue weighted by molar-refractivity contribution is 0.0203. The molecule has 0 bridgehead atoms. The minimum Gasteiger partial charge on any atom is -0.428 e. The third kappa shape index (κ3) is 6.08. The zero-order chi connectivity index (χ0) is 33.4. The summed E-state index contributed by atoms with van der Waals surface area (Å²) in [5.41, 5.74) is 1.28. The Morgan fingerprint density at radius 1 is 0.500 bits per heavy atom.